The Bertz CT molecular complexity index is 1040. The molecular formula is C22H21Cl2N5O2. The van der Waals surface area contributed by atoms with Gasteiger partial charge in [0.2, 0.25) is 0 Å². The molecule has 160 valence electrons. The zero-order valence-corrected chi connectivity index (χ0v) is 18.2. The summed E-state index contributed by atoms with van der Waals surface area (Å²) in [4.78, 5) is 23.7. The number of pyridine rings is 2. The Kier molecular flexibility index (Phi) is 6.99. The molecule has 3 heterocycles. The molecule has 0 radical (unpaired) electrons. The van der Waals surface area contributed by atoms with E-state index in [1.165, 1.54) is 0 Å². The zero-order chi connectivity index (χ0) is 21.6. The molecule has 9 heteroatoms. The highest BCUT2D eigenvalue weighted by Crippen LogP contribution is 2.26. The molecule has 0 unspecified atom stereocenters. The highest BCUT2D eigenvalue weighted by Gasteiger charge is 2.15. The molecule has 1 saturated heterocycles. The molecule has 2 N–H and O–H groups in total. The fourth-order valence-electron chi connectivity index (χ4n) is 3.23. The summed E-state index contributed by atoms with van der Waals surface area (Å²) in [6.07, 6.45) is 3.45. The highest BCUT2D eigenvalue weighted by molar-refractivity contribution is 6.40. The lowest BCUT2D eigenvalue weighted by Crippen LogP contribution is -2.35. The average molecular weight is 458 g/mol. The van der Waals surface area contributed by atoms with Crippen LogP contribution in [0.1, 0.15) is 15.9 Å². The maximum Gasteiger partial charge on any atom is 0.258 e. The Balaban J connectivity index is 1.39. The predicted octanol–water partition coefficient (Wildman–Crippen LogP) is 4.61. The number of nitrogens with zero attached hydrogens (tertiary/aromatic N) is 3. The van der Waals surface area contributed by atoms with Gasteiger partial charge in [-0.25, -0.2) is 9.97 Å². The Morgan fingerprint density at radius 1 is 1.03 bits per heavy atom. The number of ether oxygens (including phenoxy) is 1. The minimum atomic E-state index is -0.390. The zero-order valence-electron chi connectivity index (χ0n) is 16.6. The van der Waals surface area contributed by atoms with Crippen LogP contribution in [0.5, 0.6) is 0 Å². The van der Waals surface area contributed by atoms with Gasteiger partial charge in [-0.3, -0.25) is 9.69 Å². The molecule has 0 aliphatic carbocycles. The number of nitrogens with one attached hydrogen (secondary N) is 2. The minimum Gasteiger partial charge on any atom is -0.379 e. The number of aromatic nitrogens is 2. The highest BCUT2D eigenvalue weighted by atomic mass is 35.5. The number of anilines is 3. The van der Waals surface area contributed by atoms with Gasteiger partial charge in [0.05, 0.1) is 28.8 Å². The molecule has 2 aromatic heterocycles. The predicted molar refractivity (Wildman–Crippen MR) is 122 cm³/mol. The maximum absolute atomic E-state index is 12.6. The molecule has 1 fully saturated rings. The van der Waals surface area contributed by atoms with Crippen molar-refractivity contribution in [2.75, 3.05) is 36.9 Å². The summed E-state index contributed by atoms with van der Waals surface area (Å²) >= 11 is 12.2. The number of morpholine rings is 1. The number of carbonyl (C=O) groups excluding carboxylic acids is 1. The summed E-state index contributed by atoms with van der Waals surface area (Å²) in [6, 6.07) is 12.3. The molecular weight excluding hydrogens is 437 g/mol. The van der Waals surface area contributed by atoms with Crippen LogP contribution >= 0.6 is 23.2 Å². The van der Waals surface area contributed by atoms with E-state index in [2.05, 4.69) is 25.5 Å². The lowest BCUT2D eigenvalue weighted by Gasteiger charge is -2.26. The van der Waals surface area contributed by atoms with E-state index in [9.17, 15) is 4.79 Å². The molecule has 31 heavy (non-hydrogen) atoms. The van der Waals surface area contributed by atoms with Crippen molar-refractivity contribution in [2.45, 2.75) is 6.54 Å². The Hall–Kier alpha value is -2.71. The quantitative estimate of drug-likeness (QED) is 0.562. The van der Waals surface area contributed by atoms with E-state index in [0.717, 1.165) is 38.4 Å². The molecule has 0 spiro atoms. The van der Waals surface area contributed by atoms with Crippen LogP contribution in [-0.4, -0.2) is 47.1 Å². The van der Waals surface area contributed by atoms with E-state index in [1.807, 2.05) is 18.3 Å². The third-order valence-corrected chi connectivity index (χ3v) is 5.43. The van der Waals surface area contributed by atoms with E-state index in [4.69, 9.17) is 27.9 Å². The van der Waals surface area contributed by atoms with Crippen LogP contribution in [-0.2, 0) is 11.3 Å². The number of hydrogen-bond acceptors (Lipinski definition) is 6. The van der Waals surface area contributed by atoms with Crippen LogP contribution < -0.4 is 10.6 Å². The minimum absolute atomic E-state index is 0.231. The molecule has 0 saturated carbocycles. The number of amides is 1. The first-order valence-electron chi connectivity index (χ1n) is 9.82. The molecule has 1 amide bonds. The van der Waals surface area contributed by atoms with Gasteiger partial charge in [0.25, 0.3) is 5.91 Å². The molecule has 3 aromatic rings. The number of carbonyl (C=O) groups is 1. The topological polar surface area (TPSA) is 79.4 Å². The first-order valence-corrected chi connectivity index (χ1v) is 10.6. The van der Waals surface area contributed by atoms with E-state index >= 15 is 0 Å². The molecule has 7 nitrogen and oxygen atoms in total. The first kappa shape index (κ1) is 21.5. The van der Waals surface area contributed by atoms with E-state index < -0.39 is 5.91 Å². The number of benzene rings is 1. The fraction of sp³-hybridized carbons (Fsp3) is 0.227. The monoisotopic (exact) mass is 457 g/mol. The summed E-state index contributed by atoms with van der Waals surface area (Å²) in [7, 11) is 0. The van der Waals surface area contributed by atoms with Gasteiger partial charge in [-0.05, 0) is 29.8 Å². The largest absolute Gasteiger partial charge is 0.379 e. The van der Waals surface area contributed by atoms with E-state index in [1.54, 1.807) is 36.5 Å². The van der Waals surface area contributed by atoms with Crippen LogP contribution in [0.3, 0.4) is 0 Å². The van der Waals surface area contributed by atoms with Crippen molar-refractivity contribution in [1.29, 1.82) is 0 Å². The van der Waals surface area contributed by atoms with Gasteiger partial charge in [-0.1, -0.05) is 35.3 Å². The van der Waals surface area contributed by atoms with Crippen LogP contribution in [0.15, 0.2) is 54.9 Å². The SMILES string of the molecule is O=C(Nc1ccnc(Nc2ccc(CN3CCOCC3)cn2)c1)c1c(Cl)cccc1Cl. The second kappa shape index (κ2) is 10.1. The standard InChI is InChI=1S/C22H21Cl2N5O2/c23-17-2-1-3-18(24)21(17)22(30)27-16-6-7-25-20(12-16)28-19-5-4-15(13-26-19)14-29-8-10-31-11-9-29/h1-7,12-13H,8-11,14H2,(H2,25,26,27,28,30). The number of rotatable bonds is 6. The van der Waals surface area contributed by atoms with Crippen LogP contribution in [0, 0.1) is 0 Å². The Morgan fingerprint density at radius 3 is 2.52 bits per heavy atom. The van der Waals surface area contributed by atoms with Crippen LogP contribution in [0.4, 0.5) is 17.3 Å². The third kappa shape index (κ3) is 5.71. The van der Waals surface area contributed by atoms with Crippen molar-refractivity contribution in [3.8, 4) is 0 Å². The van der Waals surface area contributed by atoms with Gasteiger partial charge in [-0.2, -0.15) is 0 Å². The number of halogens is 2. The molecule has 4 rings (SSSR count). The Morgan fingerprint density at radius 2 is 1.81 bits per heavy atom. The van der Waals surface area contributed by atoms with Crippen LogP contribution in [0.25, 0.3) is 0 Å². The molecule has 1 aromatic carbocycles. The smallest absolute Gasteiger partial charge is 0.258 e. The van der Waals surface area contributed by atoms with Gasteiger partial charge in [0.1, 0.15) is 11.6 Å². The normalized spacial score (nSPS) is 14.3. The van der Waals surface area contributed by atoms with E-state index in [-0.39, 0.29) is 5.56 Å². The van der Waals surface area contributed by atoms with E-state index in [0.29, 0.717) is 27.4 Å². The van der Waals surface area contributed by atoms with Crippen molar-refractivity contribution in [3.05, 3.63) is 76.0 Å². The molecule has 1 aliphatic heterocycles. The van der Waals surface area contributed by atoms with Crippen molar-refractivity contribution in [2.24, 2.45) is 0 Å². The van der Waals surface area contributed by atoms with Crippen molar-refractivity contribution in [1.82, 2.24) is 14.9 Å². The van der Waals surface area contributed by atoms with Crippen molar-refractivity contribution >= 4 is 46.4 Å². The van der Waals surface area contributed by atoms with Gasteiger partial charge >= 0.3 is 0 Å². The third-order valence-electron chi connectivity index (χ3n) is 4.80. The van der Waals surface area contributed by atoms with Crippen molar-refractivity contribution < 1.29 is 9.53 Å². The van der Waals surface area contributed by atoms with Gasteiger partial charge in [0.15, 0.2) is 0 Å². The fourth-order valence-corrected chi connectivity index (χ4v) is 3.79. The Labute approximate surface area is 190 Å². The lowest BCUT2D eigenvalue weighted by atomic mass is 10.2. The van der Waals surface area contributed by atoms with Crippen molar-refractivity contribution in [3.63, 3.8) is 0 Å². The molecule has 1 aliphatic rings. The molecule has 0 atom stereocenters. The second-order valence-corrected chi connectivity index (χ2v) is 7.86. The van der Waals surface area contributed by atoms with Gasteiger partial charge in [-0.15, -0.1) is 0 Å². The first-order chi connectivity index (χ1) is 15.1. The summed E-state index contributed by atoms with van der Waals surface area (Å²) in [5.74, 6) is 0.825. The van der Waals surface area contributed by atoms with Gasteiger partial charge < -0.3 is 15.4 Å². The molecule has 0 bridgehead atoms. The van der Waals surface area contributed by atoms with Gasteiger partial charge in [0, 0.05) is 43.8 Å². The lowest BCUT2D eigenvalue weighted by molar-refractivity contribution is 0.0341. The summed E-state index contributed by atoms with van der Waals surface area (Å²) in [6.45, 7) is 4.26. The summed E-state index contributed by atoms with van der Waals surface area (Å²) in [5, 5.41) is 6.53. The second-order valence-electron chi connectivity index (χ2n) is 7.05. The summed E-state index contributed by atoms with van der Waals surface area (Å²) in [5.41, 5.74) is 1.93. The number of hydrogen-bond donors (Lipinski definition) is 2. The maximum atomic E-state index is 12.6. The average Bonchev–Trinajstić information content (AvgIpc) is 2.76. The van der Waals surface area contributed by atoms with Crippen LogP contribution in [0.2, 0.25) is 10.0 Å². The summed E-state index contributed by atoms with van der Waals surface area (Å²) < 4.78 is 5.38.